The second kappa shape index (κ2) is 6.40. The van der Waals surface area contributed by atoms with Crippen molar-refractivity contribution in [2.45, 2.75) is 0 Å². The van der Waals surface area contributed by atoms with Gasteiger partial charge in [-0.3, -0.25) is 4.57 Å². The van der Waals surface area contributed by atoms with Crippen molar-refractivity contribution in [3.05, 3.63) is 70.1 Å². The van der Waals surface area contributed by atoms with Gasteiger partial charge in [-0.15, -0.1) is 0 Å². The first-order valence-electron chi connectivity index (χ1n) is 6.69. The first-order valence-corrected chi connectivity index (χ1v) is 9.07. The molecule has 0 N–H and O–H groups in total. The van der Waals surface area contributed by atoms with E-state index in [9.17, 15) is 4.57 Å². The molecule has 0 bridgehead atoms. The molecule has 1 heterocycles. The summed E-state index contributed by atoms with van der Waals surface area (Å²) < 4.78 is 24.0. The Balaban J connectivity index is 2.04. The summed E-state index contributed by atoms with van der Waals surface area (Å²) in [4.78, 5) is 4.25. The van der Waals surface area contributed by atoms with Gasteiger partial charge in [-0.05, 0) is 36.4 Å². The summed E-state index contributed by atoms with van der Waals surface area (Å²) in [6.45, 7) is 0. The number of halogens is 2. The zero-order valence-electron chi connectivity index (χ0n) is 12.1. The minimum absolute atomic E-state index is 0.0536. The smallest absolute Gasteiger partial charge is 0.328 e. The predicted octanol–water partition coefficient (Wildman–Crippen LogP) is 4.68. The lowest BCUT2D eigenvalue weighted by Crippen LogP contribution is -2.07. The van der Waals surface area contributed by atoms with E-state index in [-0.39, 0.29) is 15.8 Å². The molecular formula is C16H12Cl2NO3P. The highest BCUT2D eigenvalue weighted by Gasteiger charge is 2.41. The summed E-state index contributed by atoms with van der Waals surface area (Å²) in [5.74, 6) is 0.915. The molecule has 7 heteroatoms. The summed E-state index contributed by atoms with van der Waals surface area (Å²) in [5.41, 5.74) is 0.712. The third kappa shape index (κ3) is 3.02. The fraction of sp³-hybridized carbons (Fsp3) is 0.0625. The summed E-state index contributed by atoms with van der Waals surface area (Å²) in [7, 11) is -1.87. The van der Waals surface area contributed by atoms with Gasteiger partial charge in [-0.1, -0.05) is 41.4 Å². The third-order valence-corrected chi connectivity index (χ3v) is 6.21. The molecule has 0 saturated carbocycles. The average molecular weight is 368 g/mol. The van der Waals surface area contributed by atoms with Gasteiger partial charge in [0.25, 0.3) is 0 Å². The van der Waals surface area contributed by atoms with Crippen LogP contribution < -0.4 is 10.0 Å². The third-order valence-electron chi connectivity index (χ3n) is 3.30. The molecule has 0 spiro atoms. The highest BCUT2D eigenvalue weighted by molar-refractivity contribution is 7.72. The van der Waals surface area contributed by atoms with Crippen LogP contribution in [0.25, 0.3) is 0 Å². The first-order chi connectivity index (χ1) is 11.0. The Morgan fingerprint density at radius 2 is 1.74 bits per heavy atom. The number of hydrogen-bond donors (Lipinski definition) is 0. The van der Waals surface area contributed by atoms with Gasteiger partial charge >= 0.3 is 7.37 Å². The fourth-order valence-electron chi connectivity index (χ4n) is 2.15. The monoisotopic (exact) mass is 367 g/mol. The predicted molar refractivity (Wildman–Crippen MR) is 93.0 cm³/mol. The van der Waals surface area contributed by atoms with Crippen molar-refractivity contribution in [3.8, 4) is 5.75 Å². The molecule has 1 aliphatic heterocycles. The Bertz CT molecular complexity index is 828. The van der Waals surface area contributed by atoms with Gasteiger partial charge in [0.05, 0.1) is 12.4 Å². The van der Waals surface area contributed by atoms with Crippen molar-refractivity contribution in [2.24, 2.45) is 4.99 Å². The van der Waals surface area contributed by atoms with Gasteiger partial charge in [-0.25, -0.2) is 4.99 Å². The minimum atomic E-state index is -3.45. The van der Waals surface area contributed by atoms with E-state index in [2.05, 4.69) is 4.99 Å². The highest BCUT2D eigenvalue weighted by Crippen LogP contribution is 2.61. The average Bonchev–Trinajstić information content (AvgIpc) is 2.95. The molecule has 1 atom stereocenters. The maximum Gasteiger partial charge on any atom is 0.328 e. The summed E-state index contributed by atoms with van der Waals surface area (Å²) in [6, 6.07) is 15.8. The number of hydrogen-bond acceptors (Lipinski definition) is 4. The maximum absolute atomic E-state index is 13.3. The lowest BCUT2D eigenvalue weighted by molar-refractivity contribution is 0.414. The lowest BCUT2D eigenvalue weighted by Gasteiger charge is -2.13. The van der Waals surface area contributed by atoms with Crippen LogP contribution in [0.1, 0.15) is 5.56 Å². The molecule has 0 saturated heterocycles. The molecular weight excluding hydrogens is 356 g/mol. The van der Waals surface area contributed by atoms with E-state index in [4.69, 9.17) is 32.5 Å². The summed E-state index contributed by atoms with van der Waals surface area (Å²) in [5, 5.41) is 0.487. The SMILES string of the molecule is COc1ccc(C2=NC(=C(Cl)Cl)P(=O)(c3ccccc3)O2)cc1. The topological polar surface area (TPSA) is 47.9 Å². The molecule has 0 radical (unpaired) electrons. The molecule has 1 unspecified atom stereocenters. The van der Waals surface area contributed by atoms with Crippen LogP contribution in [-0.4, -0.2) is 13.0 Å². The van der Waals surface area contributed by atoms with Crippen molar-refractivity contribution < 1.29 is 13.8 Å². The molecule has 118 valence electrons. The normalized spacial score (nSPS) is 20.0. The van der Waals surface area contributed by atoms with Crippen LogP contribution in [0.5, 0.6) is 5.75 Å². The largest absolute Gasteiger partial charge is 0.497 e. The zero-order valence-corrected chi connectivity index (χ0v) is 14.5. The Morgan fingerprint density at radius 3 is 2.30 bits per heavy atom. The number of aliphatic imine (C=N–C) groups is 1. The molecule has 0 aromatic heterocycles. The van der Waals surface area contributed by atoms with Crippen LogP contribution in [-0.2, 0) is 9.09 Å². The molecule has 2 aromatic rings. The molecule has 4 nitrogen and oxygen atoms in total. The van der Waals surface area contributed by atoms with E-state index in [0.29, 0.717) is 16.6 Å². The van der Waals surface area contributed by atoms with Gasteiger partial charge < -0.3 is 9.26 Å². The zero-order chi connectivity index (χ0) is 16.4. The molecule has 1 aliphatic rings. The van der Waals surface area contributed by atoms with E-state index in [1.807, 2.05) is 6.07 Å². The molecule has 23 heavy (non-hydrogen) atoms. The number of benzene rings is 2. The van der Waals surface area contributed by atoms with Gasteiger partial charge in [0.2, 0.25) is 5.90 Å². The number of rotatable bonds is 3. The lowest BCUT2D eigenvalue weighted by atomic mass is 10.2. The van der Waals surface area contributed by atoms with Crippen LogP contribution >= 0.6 is 30.6 Å². The van der Waals surface area contributed by atoms with Crippen molar-refractivity contribution in [3.63, 3.8) is 0 Å². The van der Waals surface area contributed by atoms with Gasteiger partial charge in [-0.2, -0.15) is 0 Å². The minimum Gasteiger partial charge on any atom is -0.497 e. The summed E-state index contributed by atoms with van der Waals surface area (Å²) in [6.07, 6.45) is 0. The molecule has 3 rings (SSSR count). The van der Waals surface area contributed by atoms with Crippen LogP contribution in [0, 0.1) is 0 Å². The Labute approximate surface area is 143 Å². The van der Waals surface area contributed by atoms with Crippen LogP contribution in [0.3, 0.4) is 0 Å². The van der Waals surface area contributed by atoms with E-state index in [1.165, 1.54) is 0 Å². The van der Waals surface area contributed by atoms with Crippen molar-refractivity contribution >= 4 is 41.8 Å². The van der Waals surface area contributed by atoms with Gasteiger partial charge in [0.15, 0.2) is 5.44 Å². The standard InChI is InChI=1S/C16H12Cl2NO3P/c1-21-12-9-7-11(8-10-12)15-19-16(14(17)18)23(20,22-15)13-5-3-2-4-6-13/h2-10H,1H3. The van der Waals surface area contributed by atoms with Crippen LogP contribution in [0.2, 0.25) is 0 Å². The maximum atomic E-state index is 13.3. The van der Waals surface area contributed by atoms with Crippen molar-refractivity contribution in [1.82, 2.24) is 0 Å². The Kier molecular flexibility index (Phi) is 4.49. The highest BCUT2D eigenvalue weighted by atomic mass is 35.5. The fourth-order valence-corrected chi connectivity index (χ4v) is 4.74. The van der Waals surface area contributed by atoms with E-state index < -0.39 is 7.37 Å². The quantitative estimate of drug-likeness (QED) is 0.740. The van der Waals surface area contributed by atoms with Crippen molar-refractivity contribution in [2.75, 3.05) is 7.11 Å². The Morgan fingerprint density at radius 1 is 1.09 bits per heavy atom. The molecule has 2 aromatic carbocycles. The van der Waals surface area contributed by atoms with Crippen molar-refractivity contribution in [1.29, 1.82) is 0 Å². The van der Waals surface area contributed by atoms with Crippen LogP contribution in [0.15, 0.2) is 69.5 Å². The Hall–Kier alpha value is -1.74. The molecule has 0 aliphatic carbocycles. The van der Waals surface area contributed by atoms with E-state index in [1.54, 1.807) is 55.6 Å². The van der Waals surface area contributed by atoms with Gasteiger partial charge in [0.1, 0.15) is 10.2 Å². The second-order valence-electron chi connectivity index (χ2n) is 4.71. The second-order valence-corrected chi connectivity index (χ2v) is 7.88. The number of nitrogens with zero attached hydrogens (tertiary/aromatic N) is 1. The summed E-state index contributed by atoms with van der Waals surface area (Å²) >= 11 is 11.8. The number of methoxy groups -OCH3 is 1. The van der Waals surface area contributed by atoms with Gasteiger partial charge in [0, 0.05) is 5.56 Å². The number of ether oxygens (including phenoxy) is 1. The van der Waals surface area contributed by atoms with Crippen LogP contribution in [0.4, 0.5) is 0 Å². The van der Waals surface area contributed by atoms with E-state index >= 15 is 0 Å². The van der Waals surface area contributed by atoms with E-state index in [0.717, 1.165) is 0 Å². The first kappa shape index (κ1) is 16.1. The molecule has 0 fully saturated rings. The molecule has 0 amide bonds.